The normalized spacial score (nSPS) is 10.1. The molecule has 0 unspecified atom stereocenters. The van der Waals surface area contributed by atoms with Crippen LogP contribution in [0.15, 0.2) is 24.3 Å². The Balaban J connectivity index is 2.40. The standard InChI is InChI=1S/C12H15O4/c1-3-10-4-6-11(7-5-10)12(13)16-15-9-8-14-2/h4-7,9H,3,8H2,1-2H3. The first-order valence-electron chi connectivity index (χ1n) is 5.05. The van der Waals surface area contributed by atoms with Crippen molar-refractivity contribution >= 4 is 5.97 Å². The Hall–Kier alpha value is -1.39. The second-order valence-corrected chi connectivity index (χ2v) is 3.14. The van der Waals surface area contributed by atoms with Gasteiger partial charge in [0.05, 0.1) is 12.2 Å². The number of rotatable bonds is 6. The summed E-state index contributed by atoms with van der Waals surface area (Å²) in [5, 5.41) is 0. The Kier molecular flexibility index (Phi) is 5.53. The van der Waals surface area contributed by atoms with Crippen LogP contribution in [0.3, 0.4) is 0 Å². The zero-order valence-electron chi connectivity index (χ0n) is 9.43. The van der Waals surface area contributed by atoms with Gasteiger partial charge in [0.2, 0.25) is 0 Å². The number of hydrogen-bond donors (Lipinski definition) is 0. The van der Waals surface area contributed by atoms with Crippen molar-refractivity contribution in [1.82, 2.24) is 0 Å². The van der Waals surface area contributed by atoms with E-state index in [0.29, 0.717) is 5.56 Å². The maximum atomic E-state index is 11.4. The van der Waals surface area contributed by atoms with E-state index in [-0.39, 0.29) is 6.61 Å². The molecular weight excluding hydrogens is 208 g/mol. The number of hydrogen-bond acceptors (Lipinski definition) is 4. The summed E-state index contributed by atoms with van der Waals surface area (Å²) in [5.41, 5.74) is 1.63. The quantitative estimate of drug-likeness (QED) is 0.421. The lowest BCUT2D eigenvalue weighted by Crippen LogP contribution is -2.06. The molecule has 16 heavy (non-hydrogen) atoms. The average Bonchev–Trinajstić information content (AvgIpc) is 2.34. The van der Waals surface area contributed by atoms with E-state index in [2.05, 4.69) is 21.4 Å². The molecule has 1 aromatic rings. The smallest absolute Gasteiger partial charge is 0.373 e. The number of carbonyl (C=O) groups is 1. The molecule has 87 valence electrons. The van der Waals surface area contributed by atoms with Crippen molar-refractivity contribution in [1.29, 1.82) is 0 Å². The van der Waals surface area contributed by atoms with Crippen LogP contribution in [0.1, 0.15) is 22.8 Å². The fourth-order valence-electron chi connectivity index (χ4n) is 1.10. The van der Waals surface area contributed by atoms with E-state index in [1.54, 1.807) is 12.1 Å². The van der Waals surface area contributed by atoms with Gasteiger partial charge in [-0.15, -0.1) is 0 Å². The Labute approximate surface area is 95.1 Å². The van der Waals surface area contributed by atoms with Crippen LogP contribution >= 0.6 is 0 Å². The van der Waals surface area contributed by atoms with Gasteiger partial charge < -0.3 is 4.74 Å². The first-order chi connectivity index (χ1) is 7.77. The van der Waals surface area contributed by atoms with Crippen LogP contribution in [-0.4, -0.2) is 19.7 Å². The predicted octanol–water partition coefficient (Wildman–Crippen LogP) is 2.15. The van der Waals surface area contributed by atoms with Gasteiger partial charge in [-0.2, -0.15) is 4.89 Å². The molecule has 0 aliphatic rings. The molecule has 4 heteroatoms. The van der Waals surface area contributed by atoms with Gasteiger partial charge in [0.15, 0.2) is 6.61 Å². The number of methoxy groups -OCH3 is 1. The molecule has 0 aromatic heterocycles. The molecule has 0 aliphatic heterocycles. The van der Waals surface area contributed by atoms with Crippen LogP contribution in [0.4, 0.5) is 0 Å². The van der Waals surface area contributed by atoms with Crippen LogP contribution in [0.5, 0.6) is 0 Å². The number of benzene rings is 1. The summed E-state index contributed by atoms with van der Waals surface area (Å²) in [5.74, 6) is -0.519. The van der Waals surface area contributed by atoms with Gasteiger partial charge in [0.25, 0.3) is 0 Å². The van der Waals surface area contributed by atoms with Crippen molar-refractivity contribution in [3.8, 4) is 0 Å². The SMILES string of the molecule is CCc1ccc(C(=O)OO[CH]COC)cc1. The van der Waals surface area contributed by atoms with E-state index in [1.807, 2.05) is 12.1 Å². The van der Waals surface area contributed by atoms with Crippen LogP contribution in [-0.2, 0) is 20.9 Å². The Morgan fingerprint density at radius 3 is 2.56 bits per heavy atom. The first kappa shape index (κ1) is 12.7. The maximum Gasteiger partial charge on any atom is 0.373 e. The highest BCUT2D eigenvalue weighted by molar-refractivity contribution is 5.88. The van der Waals surface area contributed by atoms with Gasteiger partial charge in [-0.05, 0) is 24.1 Å². The summed E-state index contributed by atoms with van der Waals surface area (Å²) in [6.07, 6.45) is 0.938. The molecule has 0 heterocycles. The molecule has 1 radical (unpaired) electrons. The Morgan fingerprint density at radius 2 is 2.00 bits per heavy atom. The summed E-state index contributed by atoms with van der Waals surface area (Å²) in [7, 11) is 1.52. The van der Waals surface area contributed by atoms with Crippen molar-refractivity contribution in [2.24, 2.45) is 0 Å². The molecule has 0 saturated heterocycles. The van der Waals surface area contributed by atoms with E-state index in [1.165, 1.54) is 19.3 Å². The molecule has 0 atom stereocenters. The minimum atomic E-state index is -0.519. The van der Waals surface area contributed by atoms with Gasteiger partial charge in [-0.1, -0.05) is 19.1 Å². The van der Waals surface area contributed by atoms with Crippen LogP contribution in [0.25, 0.3) is 0 Å². The van der Waals surface area contributed by atoms with Crippen LogP contribution < -0.4 is 0 Å². The summed E-state index contributed by atoms with van der Waals surface area (Å²) in [6.45, 7) is 3.58. The number of ether oxygens (including phenoxy) is 1. The van der Waals surface area contributed by atoms with Crippen molar-refractivity contribution in [2.75, 3.05) is 13.7 Å². The monoisotopic (exact) mass is 223 g/mol. The van der Waals surface area contributed by atoms with Gasteiger partial charge in [0, 0.05) is 7.11 Å². The molecular formula is C12H15O4. The van der Waals surface area contributed by atoms with E-state index in [9.17, 15) is 4.79 Å². The summed E-state index contributed by atoms with van der Waals surface area (Å²) >= 11 is 0. The number of carbonyl (C=O) groups excluding carboxylic acids is 1. The molecule has 0 bridgehead atoms. The average molecular weight is 223 g/mol. The fourth-order valence-corrected chi connectivity index (χ4v) is 1.10. The summed E-state index contributed by atoms with van der Waals surface area (Å²) in [6, 6.07) is 7.19. The van der Waals surface area contributed by atoms with Crippen molar-refractivity contribution < 1.29 is 19.3 Å². The molecule has 0 N–H and O–H groups in total. The van der Waals surface area contributed by atoms with Gasteiger partial charge in [0.1, 0.15) is 0 Å². The topological polar surface area (TPSA) is 44.8 Å². The van der Waals surface area contributed by atoms with Crippen LogP contribution in [0, 0.1) is 6.61 Å². The zero-order chi connectivity index (χ0) is 11.8. The van der Waals surface area contributed by atoms with Crippen molar-refractivity contribution in [3.05, 3.63) is 42.0 Å². The lowest BCUT2D eigenvalue weighted by molar-refractivity contribution is -0.217. The molecule has 0 spiro atoms. The van der Waals surface area contributed by atoms with E-state index in [0.717, 1.165) is 6.42 Å². The predicted molar refractivity (Wildman–Crippen MR) is 58.5 cm³/mol. The fraction of sp³-hybridized carbons (Fsp3) is 0.333. The zero-order valence-corrected chi connectivity index (χ0v) is 9.43. The van der Waals surface area contributed by atoms with Crippen LogP contribution in [0.2, 0.25) is 0 Å². The third-order valence-corrected chi connectivity index (χ3v) is 2.02. The van der Waals surface area contributed by atoms with Gasteiger partial charge in [-0.25, -0.2) is 4.79 Å². The second kappa shape index (κ2) is 6.98. The Morgan fingerprint density at radius 1 is 1.31 bits per heavy atom. The lowest BCUT2D eigenvalue weighted by atomic mass is 10.1. The third-order valence-electron chi connectivity index (χ3n) is 2.02. The minimum absolute atomic E-state index is 0.266. The summed E-state index contributed by atoms with van der Waals surface area (Å²) < 4.78 is 4.69. The maximum absolute atomic E-state index is 11.4. The molecule has 0 aliphatic carbocycles. The second-order valence-electron chi connectivity index (χ2n) is 3.14. The summed E-state index contributed by atoms with van der Waals surface area (Å²) in [4.78, 5) is 20.5. The number of aryl methyl sites for hydroxylation is 1. The van der Waals surface area contributed by atoms with Crippen molar-refractivity contribution in [2.45, 2.75) is 13.3 Å². The highest BCUT2D eigenvalue weighted by Crippen LogP contribution is 2.06. The van der Waals surface area contributed by atoms with E-state index >= 15 is 0 Å². The molecule has 0 amide bonds. The lowest BCUT2D eigenvalue weighted by Gasteiger charge is -2.03. The molecule has 1 aromatic carbocycles. The highest BCUT2D eigenvalue weighted by Gasteiger charge is 2.07. The molecule has 1 rings (SSSR count). The largest absolute Gasteiger partial charge is 0.382 e. The molecule has 4 nitrogen and oxygen atoms in total. The third kappa shape index (κ3) is 4.00. The highest BCUT2D eigenvalue weighted by atomic mass is 17.2. The van der Waals surface area contributed by atoms with E-state index in [4.69, 9.17) is 0 Å². The molecule has 0 fully saturated rings. The first-order valence-corrected chi connectivity index (χ1v) is 5.05. The molecule has 0 saturated carbocycles. The van der Waals surface area contributed by atoms with Gasteiger partial charge in [-0.3, -0.25) is 4.89 Å². The van der Waals surface area contributed by atoms with Gasteiger partial charge >= 0.3 is 5.97 Å². The van der Waals surface area contributed by atoms with E-state index < -0.39 is 5.97 Å². The minimum Gasteiger partial charge on any atom is -0.382 e. The Bertz CT molecular complexity index is 318. The van der Waals surface area contributed by atoms with Crippen molar-refractivity contribution in [3.63, 3.8) is 0 Å².